The number of nitrogens with one attached hydrogen (secondary N) is 3. The maximum absolute atomic E-state index is 4.68. The molecule has 0 aliphatic rings. The quantitative estimate of drug-likeness (QED) is 0.203. The minimum Gasteiger partial charge on any atom is -0.370 e. The summed E-state index contributed by atoms with van der Waals surface area (Å²) in [5.74, 6) is 1.83. The Labute approximate surface area is 178 Å². The fourth-order valence-electron chi connectivity index (χ4n) is 2.34. The van der Waals surface area contributed by atoms with Gasteiger partial charge in [0.25, 0.3) is 0 Å². The van der Waals surface area contributed by atoms with Crippen LogP contribution >= 0.6 is 35.3 Å². The number of aliphatic imine (C=N–C) groups is 1. The number of unbranched alkanes of at least 4 members (excludes halogenated alkanes) is 1. The van der Waals surface area contributed by atoms with Crippen molar-refractivity contribution >= 4 is 47.1 Å². The van der Waals surface area contributed by atoms with Crippen LogP contribution in [0.25, 0.3) is 0 Å². The van der Waals surface area contributed by atoms with Gasteiger partial charge >= 0.3 is 0 Å². The zero-order chi connectivity index (χ0) is 17.7. The van der Waals surface area contributed by atoms with Crippen LogP contribution in [-0.2, 0) is 13.0 Å². The average molecular weight is 487 g/mol. The Bertz CT molecular complexity index is 630. The van der Waals surface area contributed by atoms with Gasteiger partial charge in [0, 0.05) is 35.6 Å². The fourth-order valence-corrected chi connectivity index (χ4v) is 3.22. The molecule has 2 heterocycles. The molecule has 0 aliphatic heterocycles. The van der Waals surface area contributed by atoms with Gasteiger partial charge in [-0.15, -0.1) is 35.3 Å². The van der Waals surface area contributed by atoms with Crippen LogP contribution in [-0.4, -0.2) is 30.6 Å². The fraction of sp³-hybridized carbons (Fsp3) is 0.474. The van der Waals surface area contributed by atoms with Crippen molar-refractivity contribution < 1.29 is 0 Å². The SMILES string of the molecule is CCNC(=NCc1ccc(CC)s1)NCCCCNc1ccccn1.I. The van der Waals surface area contributed by atoms with E-state index in [4.69, 9.17) is 0 Å². The molecule has 2 aromatic rings. The van der Waals surface area contributed by atoms with Crippen molar-refractivity contribution in [2.24, 2.45) is 4.99 Å². The Morgan fingerprint density at radius 1 is 1.04 bits per heavy atom. The maximum Gasteiger partial charge on any atom is 0.191 e. The van der Waals surface area contributed by atoms with Crippen molar-refractivity contribution in [3.63, 3.8) is 0 Å². The second-order valence-corrected chi connectivity index (χ2v) is 6.95. The Kier molecular flexibility index (Phi) is 12.0. The second-order valence-electron chi connectivity index (χ2n) is 5.69. The minimum absolute atomic E-state index is 0. The molecule has 5 nitrogen and oxygen atoms in total. The third-order valence-electron chi connectivity index (χ3n) is 3.67. The van der Waals surface area contributed by atoms with Crippen LogP contribution < -0.4 is 16.0 Å². The van der Waals surface area contributed by atoms with Crippen molar-refractivity contribution in [3.05, 3.63) is 46.3 Å². The van der Waals surface area contributed by atoms with Crippen molar-refractivity contribution in [3.8, 4) is 0 Å². The number of thiophene rings is 1. The maximum atomic E-state index is 4.68. The Balaban J connectivity index is 0.00000338. The normalized spacial score (nSPS) is 10.9. The van der Waals surface area contributed by atoms with Gasteiger partial charge in [0.05, 0.1) is 6.54 Å². The molecule has 0 atom stereocenters. The number of halogens is 1. The Morgan fingerprint density at radius 3 is 2.54 bits per heavy atom. The summed E-state index contributed by atoms with van der Waals surface area (Å²) in [6.45, 7) is 7.74. The van der Waals surface area contributed by atoms with Crippen LogP contribution in [0.15, 0.2) is 41.5 Å². The first-order valence-electron chi connectivity index (χ1n) is 9.06. The van der Waals surface area contributed by atoms with E-state index < -0.39 is 0 Å². The van der Waals surface area contributed by atoms with Crippen molar-refractivity contribution in [1.82, 2.24) is 15.6 Å². The molecular formula is C19H30IN5S. The van der Waals surface area contributed by atoms with Crippen molar-refractivity contribution in [2.45, 2.75) is 39.7 Å². The van der Waals surface area contributed by atoms with E-state index in [0.717, 1.165) is 57.2 Å². The van der Waals surface area contributed by atoms with E-state index in [1.165, 1.54) is 9.75 Å². The lowest BCUT2D eigenvalue weighted by molar-refractivity contribution is 0.712. The lowest BCUT2D eigenvalue weighted by Gasteiger charge is -2.11. The number of guanidine groups is 1. The summed E-state index contributed by atoms with van der Waals surface area (Å²) in [7, 11) is 0. The molecular weight excluding hydrogens is 457 g/mol. The Hall–Kier alpha value is -1.35. The van der Waals surface area contributed by atoms with Crippen LogP contribution in [0.1, 0.15) is 36.4 Å². The third-order valence-corrected chi connectivity index (χ3v) is 4.88. The summed E-state index contributed by atoms with van der Waals surface area (Å²) >= 11 is 1.85. The second kappa shape index (κ2) is 13.8. The molecule has 0 aromatic carbocycles. The summed E-state index contributed by atoms with van der Waals surface area (Å²) in [6, 6.07) is 10.3. The molecule has 2 rings (SSSR count). The highest BCUT2D eigenvalue weighted by Crippen LogP contribution is 2.17. The van der Waals surface area contributed by atoms with Gasteiger partial charge in [0.2, 0.25) is 0 Å². The molecule has 144 valence electrons. The van der Waals surface area contributed by atoms with Crippen LogP contribution in [0.3, 0.4) is 0 Å². The molecule has 0 fully saturated rings. The molecule has 0 saturated heterocycles. The molecule has 0 bridgehead atoms. The van der Waals surface area contributed by atoms with E-state index in [2.05, 4.69) is 51.9 Å². The van der Waals surface area contributed by atoms with Gasteiger partial charge in [-0.25, -0.2) is 9.98 Å². The average Bonchev–Trinajstić information content (AvgIpc) is 3.11. The largest absolute Gasteiger partial charge is 0.370 e. The number of aryl methyl sites for hydroxylation is 1. The third kappa shape index (κ3) is 8.84. The number of rotatable bonds is 10. The van der Waals surface area contributed by atoms with E-state index in [1.54, 1.807) is 6.20 Å². The number of hydrogen-bond donors (Lipinski definition) is 3. The summed E-state index contributed by atoms with van der Waals surface area (Å²) in [4.78, 5) is 11.7. The first-order valence-corrected chi connectivity index (χ1v) is 9.88. The number of nitrogens with zero attached hydrogens (tertiary/aromatic N) is 2. The number of pyridine rings is 1. The first-order chi connectivity index (χ1) is 12.3. The van der Waals surface area contributed by atoms with Gasteiger partial charge in [-0.3, -0.25) is 0 Å². The van der Waals surface area contributed by atoms with Crippen LogP contribution in [0, 0.1) is 0 Å². The molecule has 0 saturated carbocycles. The molecule has 2 aromatic heterocycles. The van der Waals surface area contributed by atoms with Crippen molar-refractivity contribution in [1.29, 1.82) is 0 Å². The van der Waals surface area contributed by atoms with Gasteiger partial charge in [-0.05, 0) is 50.5 Å². The summed E-state index contributed by atoms with van der Waals surface area (Å²) in [6.07, 6.45) is 5.08. The van der Waals surface area contributed by atoms with Crippen LogP contribution in [0.5, 0.6) is 0 Å². The van der Waals surface area contributed by atoms with E-state index in [-0.39, 0.29) is 24.0 Å². The number of hydrogen-bond acceptors (Lipinski definition) is 4. The molecule has 0 unspecified atom stereocenters. The lowest BCUT2D eigenvalue weighted by atomic mass is 10.3. The van der Waals surface area contributed by atoms with E-state index in [0.29, 0.717) is 0 Å². The summed E-state index contributed by atoms with van der Waals surface area (Å²) in [5.41, 5.74) is 0. The van der Waals surface area contributed by atoms with Crippen molar-refractivity contribution in [2.75, 3.05) is 25.0 Å². The zero-order valence-corrected chi connectivity index (χ0v) is 18.8. The smallest absolute Gasteiger partial charge is 0.191 e. The van der Waals surface area contributed by atoms with Gasteiger partial charge < -0.3 is 16.0 Å². The summed E-state index contributed by atoms with van der Waals surface area (Å²) in [5, 5.41) is 10.0. The number of aromatic nitrogens is 1. The predicted molar refractivity (Wildman–Crippen MR) is 124 cm³/mol. The molecule has 26 heavy (non-hydrogen) atoms. The van der Waals surface area contributed by atoms with Crippen LogP contribution in [0.2, 0.25) is 0 Å². The van der Waals surface area contributed by atoms with E-state index in [1.807, 2.05) is 29.5 Å². The van der Waals surface area contributed by atoms with Gasteiger partial charge in [0.15, 0.2) is 5.96 Å². The highest BCUT2D eigenvalue weighted by atomic mass is 127. The molecule has 0 radical (unpaired) electrons. The monoisotopic (exact) mass is 487 g/mol. The summed E-state index contributed by atoms with van der Waals surface area (Å²) < 4.78 is 0. The predicted octanol–water partition coefficient (Wildman–Crippen LogP) is 4.27. The van der Waals surface area contributed by atoms with E-state index in [9.17, 15) is 0 Å². The van der Waals surface area contributed by atoms with Gasteiger partial charge in [-0.1, -0.05) is 13.0 Å². The highest BCUT2D eigenvalue weighted by molar-refractivity contribution is 14.0. The van der Waals surface area contributed by atoms with Gasteiger partial charge in [-0.2, -0.15) is 0 Å². The standard InChI is InChI=1S/C19H29N5S.HI/c1-3-16-10-11-17(25-16)15-24-19(20-4-2)23-14-8-7-13-22-18-9-5-6-12-21-18;/h5-6,9-12H,3-4,7-8,13-15H2,1-2H3,(H,21,22)(H2,20,23,24);1H. The first kappa shape index (κ1) is 22.7. The molecule has 0 spiro atoms. The number of anilines is 1. The van der Waals surface area contributed by atoms with E-state index >= 15 is 0 Å². The molecule has 3 N–H and O–H groups in total. The highest BCUT2D eigenvalue weighted by Gasteiger charge is 2.00. The Morgan fingerprint density at radius 2 is 1.85 bits per heavy atom. The zero-order valence-electron chi connectivity index (χ0n) is 15.6. The minimum atomic E-state index is 0. The molecule has 0 amide bonds. The van der Waals surface area contributed by atoms with Crippen LogP contribution in [0.4, 0.5) is 5.82 Å². The molecule has 0 aliphatic carbocycles. The molecule has 7 heteroatoms. The van der Waals surface area contributed by atoms with Gasteiger partial charge in [0.1, 0.15) is 5.82 Å². The topological polar surface area (TPSA) is 61.3 Å². The lowest BCUT2D eigenvalue weighted by Crippen LogP contribution is -2.37.